The van der Waals surface area contributed by atoms with Crippen LogP contribution in [-0.4, -0.2) is 20.7 Å². The number of halogens is 1. The lowest BCUT2D eigenvalue weighted by atomic mass is 10.1. The number of nitrogens with zero attached hydrogens (tertiary/aromatic N) is 3. The number of fused-ring (bicyclic) bond motifs is 1. The number of anilines is 1. The van der Waals surface area contributed by atoms with Crippen molar-refractivity contribution in [3.05, 3.63) is 51.8 Å². The first-order chi connectivity index (χ1) is 12.4. The summed E-state index contributed by atoms with van der Waals surface area (Å²) in [6.07, 6.45) is 4.03. The molecule has 1 aliphatic rings. The van der Waals surface area contributed by atoms with Gasteiger partial charge in [-0.15, -0.1) is 0 Å². The molecule has 0 atom stereocenters. The first-order valence-electron chi connectivity index (χ1n) is 8.89. The predicted octanol–water partition coefficient (Wildman–Crippen LogP) is 5.21. The van der Waals surface area contributed by atoms with E-state index in [-0.39, 0.29) is 11.9 Å². The fourth-order valence-corrected chi connectivity index (χ4v) is 3.62. The van der Waals surface area contributed by atoms with Crippen LogP contribution in [0.25, 0.3) is 11.0 Å². The van der Waals surface area contributed by atoms with Gasteiger partial charge in [0.1, 0.15) is 0 Å². The fraction of sp³-hybridized carbons (Fsp3) is 0.350. The predicted molar refractivity (Wildman–Crippen MR) is 107 cm³/mol. The topological polar surface area (TPSA) is 59.8 Å². The minimum absolute atomic E-state index is 0.118. The van der Waals surface area contributed by atoms with Crippen LogP contribution < -0.4 is 5.32 Å². The van der Waals surface area contributed by atoms with Crippen LogP contribution in [-0.2, 0) is 0 Å². The Bertz CT molecular complexity index is 1000. The van der Waals surface area contributed by atoms with Gasteiger partial charge in [-0.2, -0.15) is 5.10 Å². The maximum absolute atomic E-state index is 13.1. The molecule has 6 heteroatoms. The van der Waals surface area contributed by atoms with Gasteiger partial charge in [0.25, 0.3) is 5.91 Å². The number of carbonyl (C=O) groups is 1. The molecule has 3 aromatic rings. The van der Waals surface area contributed by atoms with Crippen molar-refractivity contribution in [3.8, 4) is 0 Å². The maximum Gasteiger partial charge on any atom is 0.256 e. The number of carbonyl (C=O) groups excluding carboxylic acids is 1. The summed E-state index contributed by atoms with van der Waals surface area (Å²) in [5, 5.41) is 8.31. The molecule has 1 saturated carbocycles. The molecule has 134 valence electrons. The first-order valence-corrected chi connectivity index (χ1v) is 9.69. The molecule has 26 heavy (non-hydrogen) atoms. The third kappa shape index (κ3) is 3.14. The van der Waals surface area contributed by atoms with Crippen LogP contribution >= 0.6 is 15.9 Å². The Kier molecular flexibility index (Phi) is 4.31. The zero-order valence-electron chi connectivity index (χ0n) is 15.1. The van der Waals surface area contributed by atoms with Crippen molar-refractivity contribution in [1.29, 1.82) is 0 Å². The minimum Gasteiger partial charge on any atom is -0.322 e. The molecule has 5 nitrogen and oxygen atoms in total. The van der Waals surface area contributed by atoms with Crippen molar-refractivity contribution in [2.45, 2.75) is 45.6 Å². The Morgan fingerprint density at radius 3 is 2.73 bits per heavy atom. The molecule has 1 aliphatic carbocycles. The van der Waals surface area contributed by atoms with E-state index in [1.165, 1.54) is 0 Å². The number of aryl methyl sites for hydroxylation is 1. The van der Waals surface area contributed by atoms with Gasteiger partial charge in [-0.05, 0) is 63.4 Å². The second-order valence-electron chi connectivity index (χ2n) is 7.20. The molecular weight excluding hydrogens is 392 g/mol. The van der Waals surface area contributed by atoms with E-state index in [0.717, 1.165) is 45.3 Å². The average molecular weight is 413 g/mol. The van der Waals surface area contributed by atoms with Gasteiger partial charge in [-0.3, -0.25) is 4.79 Å². The Hall–Kier alpha value is -2.21. The van der Waals surface area contributed by atoms with Gasteiger partial charge in [0, 0.05) is 27.8 Å². The summed E-state index contributed by atoms with van der Waals surface area (Å²) < 4.78 is 2.89. The molecule has 1 N–H and O–H groups in total. The molecule has 2 heterocycles. The van der Waals surface area contributed by atoms with Gasteiger partial charge in [-0.1, -0.05) is 15.9 Å². The van der Waals surface area contributed by atoms with E-state index < -0.39 is 0 Å². The highest BCUT2D eigenvalue weighted by atomic mass is 79.9. The molecule has 0 unspecified atom stereocenters. The van der Waals surface area contributed by atoms with Crippen molar-refractivity contribution >= 4 is 38.6 Å². The van der Waals surface area contributed by atoms with E-state index in [0.29, 0.717) is 11.5 Å². The smallest absolute Gasteiger partial charge is 0.256 e. The van der Waals surface area contributed by atoms with Crippen LogP contribution in [0.1, 0.15) is 60.3 Å². The number of nitrogens with one attached hydrogen (secondary N) is 1. The lowest BCUT2D eigenvalue weighted by molar-refractivity contribution is 0.102. The standard InChI is InChI=1S/C20H21BrN4O/c1-11(2)25-19-16(10-22-25)15(9-18(23-19)13-4-5-13)20(26)24-17-7-6-14(21)8-12(17)3/h6-11,13H,4-5H2,1-3H3,(H,24,26). The van der Waals surface area contributed by atoms with Crippen molar-refractivity contribution in [1.82, 2.24) is 14.8 Å². The largest absolute Gasteiger partial charge is 0.322 e. The third-order valence-electron chi connectivity index (χ3n) is 4.75. The number of amides is 1. The van der Waals surface area contributed by atoms with Gasteiger partial charge in [-0.25, -0.2) is 9.67 Å². The van der Waals surface area contributed by atoms with Crippen molar-refractivity contribution in [2.75, 3.05) is 5.32 Å². The van der Waals surface area contributed by atoms with Gasteiger partial charge >= 0.3 is 0 Å². The van der Waals surface area contributed by atoms with Crippen LogP contribution in [0, 0.1) is 6.92 Å². The second kappa shape index (κ2) is 6.50. The third-order valence-corrected chi connectivity index (χ3v) is 5.25. The average Bonchev–Trinajstić information content (AvgIpc) is 3.35. The van der Waals surface area contributed by atoms with Crippen LogP contribution in [0.3, 0.4) is 0 Å². The highest BCUT2D eigenvalue weighted by Crippen LogP contribution is 2.40. The van der Waals surface area contributed by atoms with Crippen molar-refractivity contribution < 1.29 is 4.79 Å². The monoisotopic (exact) mass is 412 g/mol. The number of rotatable bonds is 4. The molecule has 1 fully saturated rings. The number of pyridine rings is 1. The summed E-state index contributed by atoms with van der Waals surface area (Å²) in [5.41, 5.74) is 4.26. The Morgan fingerprint density at radius 2 is 2.08 bits per heavy atom. The van der Waals surface area contributed by atoms with Crippen molar-refractivity contribution in [3.63, 3.8) is 0 Å². The lowest BCUT2D eigenvalue weighted by Crippen LogP contribution is -2.14. The first kappa shape index (κ1) is 17.2. The van der Waals surface area contributed by atoms with Crippen LogP contribution in [0.15, 0.2) is 34.9 Å². The van der Waals surface area contributed by atoms with E-state index in [4.69, 9.17) is 4.98 Å². The fourth-order valence-electron chi connectivity index (χ4n) is 3.15. The number of hydrogen-bond acceptors (Lipinski definition) is 3. The van der Waals surface area contributed by atoms with Gasteiger partial charge in [0.05, 0.1) is 17.1 Å². The van der Waals surface area contributed by atoms with Gasteiger partial charge < -0.3 is 5.32 Å². The van der Waals surface area contributed by atoms with Gasteiger partial charge in [0.15, 0.2) is 5.65 Å². The van der Waals surface area contributed by atoms with E-state index >= 15 is 0 Å². The molecule has 2 aromatic heterocycles. The molecule has 0 radical (unpaired) electrons. The van der Waals surface area contributed by atoms with Gasteiger partial charge in [0.2, 0.25) is 0 Å². The SMILES string of the molecule is Cc1cc(Br)ccc1NC(=O)c1cc(C2CC2)nc2c1cnn2C(C)C. The second-order valence-corrected chi connectivity index (χ2v) is 8.12. The molecule has 0 aliphatic heterocycles. The molecule has 1 aromatic carbocycles. The van der Waals surface area contributed by atoms with Crippen LogP contribution in [0.4, 0.5) is 5.69 Å². The summed E-state index contributed by atoms with van der Waals surface area (Å²) in [5.74, 6) is 0.351. The molecule has 0 bridgehead atoms. The molecule has 0 saturated heterocycles. The molecule has 1 amide bonds. The summed E-state index contributed by atoms with van der Waals surface area (Å²) in [7, 11) is 0. The Labute approximate surface area is 160 Å². The zero-order valence-corrected chi connectivity index (χ0v) is 16.7. The Balaban J connectivity index is 1.78. The van der Waals surface area contributed by atoms with E-state index in [2.05, 4.69) is 40.2 Å². The molecule has 4 rings (SSSR count). The summed E-state index contributed by atoms with van der Waals surface area (Å²) in [4.78, 5) is 17.9. The van der Waals surface area contributed by atoms with Crippen molar-refractivity contribution in [2.24, 2.45) is 0 Å². The Morgan fingerprint density at radius 1 is 1.31 bits per heavy atom. The maximum atomic E-state index is 13.1. The lowest BCUT2D eigenvalue weighted by Gasteiger charge is -2.12. The normalized spacial score (nSPS) is 14.2. The van der Waals surface area contributed by atoms with E-state index in [1.807, 2.05) is 35.9 Å². The quantitative estimate of drug-likeness (QED) is 0.639. The zero-order chi connectivity index (χ0) is 18.4. The summed E-state index contributed by atoms with van der Waals surface area (Å²) in [6, 6.07) is 7.96. The van der Waals surface area contributed by atoms with Crippen LogP contribution in [0.2, 0.25) is 0 Å². The summed E-state index contributed by atoms with van der Waals surface area (Å²) in [6.45, 7) is 6.13. The number of hydrogen-bond donors (Lipinski definition) is 1. The van der Waals surface area contributed by atoms with E-state index in [9.17, 15) is 4.79 Å². The summed E-state index contributed by atoms with van der Waals surface area (Å²) >= 11 is 3.46. The highest BCUT2D eigenvalue weighted by Gasteiger charge is 2.28. The number of benzene rings is 1. The molecular formula is C20H21BrN4O. The van der Waals surface area contributed by atoms with E-state index in [1.54, 1.807) is 6.20 Å². The van der Waals surface area contributed by atoms with Crippen LogP contribution in [0.5, 0.6) is 0 Å². The minimum atomic E-state index is -0.118. The number of aromatic nitrogens is 3. The highest BCUT2D eigenvalue weighted by molar-refractivity contribution is 9.10. The molecule has 0 spiro atoms.